The third-order valence-corrected chi connectivity index (χ3v) is 5.65. The Morgan fingerprint density at radius 3 is 2.56 bits per heavy atom. The quantitative estimate of drug-likeness (QED) is 0.640. The molecule has 3 heterocycles. The van der Waals surface area contributed by atoms with E-state index < -0.39 is 17.7 Å². The number of aliphatic hydroxyl groups is 1. The number of carbonyl (C=O) groups excluding carboxylic acids is 2. The molecule has 0 saturated heterocycles. The summed E-state index contributed by atoms with van der Waals surface area (Å²) in [6.07, 6.45) is 3.88. The second-order valence-electron chi connectivity index (χ2n) is 7.57. The van der Waals surface area contributed by atoms with Gasteiger partial charge in [0.2, 0.25) is 6.79 Å². The molecule has 1 aromatic heterocycles. The second kappa shape index (κ2) is 8.19. The predicted molar refractivity (Wildman–Crippen MR) is 116 cm³/mol. The molecule has 1 unspecified atom stereocenters. The summed E-state index contributed by atoms with van der Waals surface area (Å²) in [6.45, 7) is 0.104. The highest BCUT2D eigenvalue weighted by Gasteiger charge is 2.44. The number of rotatable bonds is 6. The zero-order valence-corrected chi connectivity index (χ0v) is 17.1. The summed E-state index contributed by atoms with van der Waals surface area (Å²) in [7, 11) is 0. The molecule has 1 amide bonds. The Morgan fingerprint density at radius 2 is 1.78 bits per heavy atom. The summed E-state index contributed by atoms with van der Waals surface area (Å²) >= 11 is 0. The van der Waals surface area contributed by atoms with Crippen LogP contribution >= 0.6 is 0 Å². The number of anilines is 1. The van der Waals surface area contributed by atoms with Gasteiger partial charge in [0, 0.05) is 30.6 Å². The fourth-order valence-corrected chi connectivity index (χ4v) is 4.09. The highest BCUT2D eigenvalue weighted by Crippen LogP contribution is 2.44. The maximum absolute atomic E-state index is 13.3. The standard InChI is InChI=1S/C25H20N2O5/c28-19(8-6-16-4-2-1-3-5-16)22-23(17-10-12-26-13-11-17)27(25(30)24(22)29)18-7-9-20-21(14-18)32-15-31-20/h1-5,7,9-14,23,29H,6,8,15H2. The Morgan fingerprint density at radius 1 is 1.03 bits per heavy atom. The summed E-state index contributed by atoms with van der Waals surface area (Å²) in [5.74, 6) is -0.342. The Hall–Kier alpha value is -4.13. The van der Waals surface area contributed by atoms with Crippen LogP contribution in [0.1, 0.15) is 23.6 Å². The molecule has 2 aliphatic rings. The number of aliphatic hydroxyl groups excluding tert-OH is 1. The van der Waals surface area contributed by atoms with Crippen LogP contribution in [0.2, 0.25) is 0 Å². The van der Waals surface area contributed by atoms with E-state index in [-0.39, 0.29) is 24.6 Å². The van der Waals surface area contributed by atoms with Crippen LogP contribution in [0.3, 0.4) is 0 Å². The molecule has 0 spiro atoms. The van der Waals surface area contributed by atoms with E-state index in [0.29, 0.717) is 29.2 Å². The summed E-state index contributed by atoms with van der Waals surface area (Å²) in [6, 6.07) is 17.4. The third kappa shape index (κ3) is 3.47. The molecule has 7 nitrogen and oxygen atoms in total. The van der Waals surface area contributed by atoms with Crippen molar-refractivity contribution in [3.8, 4) is 11.5 Å². The van der Waals surface area contributed by atoms with Crippen LogP contribution in [-0.4, -0.2) is 28.6 Å². The van der Waals surface area contributed by atoms with Crippen LogP contribution in [0.15, 0.2) is 84.4 Å². The first-order valence-electron chi connectivity index (χ1n) is 10.3. The van der Waals surface area contributed by atoms with Gasteiger partial charge in [-0.15, -0.1) is 0 Å². The fourth-order valence-electron chi connectivity index (χ4n) is 4.09. The van der Waals surface area contributed by atoms with Crippen molar-refractivity contribution in [3.05, 3.63) is 95.5 Å². The van der Waals surface area contributed by atoms with E-state index in [0.717, 1.165) is 5.56 Å². The molecule has 1 atom stereocenters. The maximum atomic E-state index is 13.3. The van der Waals surface area contributed by atoms with E-state index in [2.05, 4.69) is 4.98 Å². The molecule has 2 aromatic carbocycles. The molecule has 0 radical (unpaired) electrons. The van der Waals surface area contributed by atoms with Gasteiger partial charge in [-0.1, -0.05) is 30.3 Å². The van der Waals surface area contributed by atoms with Crippen LogP contribution < -0.4 is 14.4 Å². The maximum Gasteiger partial charge on any atom is 0.294 e. The lowest BCUT2D eigenvalue weighted by molar-refractivity contribution is -0.118. The lowest BCUT2D eigenvalue weighted by atomic mass is 9.93. The number of Topliss-reactive ketones (excluding diaryl/α,β-unsaturated/α-hetero) is 1. The van der Waals surface area contributed by atoms with Crippen molar-refractivity contribution in [3.63, 3.8) is 0 Å². The Bertz CT molecular complexity index is 1210. The van der Waals surface area contributed by atoms with Gasteiger partial charge < -0.3 is 14.6 Å². The number of benzene rings is 2. The van der Waals surface area contributed by atoms with Gasteiger partial charge in [0.15, 0.2) is 23.0 Å². The van der Waals surface area contributed by atoms with Crippen LogP contribution in [-0.2, 0) is 16.0 Å². The first kappa shape index (κ1) is 19.8. The van der Waals surface area contributed by atoms with Crippen molar-refractivity contribution < 1.29 is 24.2 Å². The van der Waals surface area contributed by atoms with E-state index in [1.165, 1.54) is 4.90 Å². The van der Waals surface area contributed by atoms with Crippen molar-refractivity contribution in [2.45, 2.75) is 18.9 Å². The van der Waals surface area contributed by atoms with E-state index in [9.17, 15) is 14.7 Å². The number of amides is 1. The van der Waals surface area contributed by atoms with Crippen LogP contribution in [0.25, 0.3) is 0 Å². The van der Waals surface area contributed by atoms with Crippen molar-refractivity contribution in [2.24, 2.45) is 0 Å². The van der Waals surface area contributed by atoms with Crippen LogP contribution in [0, 0.1) is 0 Å². The van der Waals surface area contributed by atoms with E-state index in [1.807, 2.05) is 30.3 Å². The van der Waals surface area contributed by atoms with E-state index >= 15 is 0 Å². The summed E-state index contributed by atoms with van der Waals surface area (Å²) in [5, 5.41) is 10.8. The number of aryl methyl sites for hydroxylation is 1. The van der Waals surface area contributed by atoms with Gasteiger partial charge >= 0.3 is 0 Å². The minimum absolute atomic E-state index is 0.0924. The Labute approximate surface area is 184 Å². The van der Waals surface area contributed by atoms with Gasteiger partial charge in [0.1, 0.15) is 0 Å². The molecule has 0 bridgehead atoms. The largest absolute Gasteiger partial charge is 0.503 e. The van der Waals surface area contributed by atoms with Gasteiger partial charge in [-0.3, -0.25) is 19.5 Å². The normalized spacial score (nSPS) is 17.2. The first-order chi connectivity index (χ1) is 15.6. The summed E-state index contributed by atoms with van der Waals surface area (Å²) in [5.41, 5.74) is 2.28. The molecule has 3 aromatic rings. The van der Waals surface area contributed by atoms with Gasteiger partial charge in [0.05, 0.1) is 11.6 Å². The molecule has 2 aliphatic heterocycles. The average Bonchev–Trinajstić information content (AvgIpc) is 3.40. The Balaban J connectivity index is 1.51. The minimum atomic E-state index is -0.769. The summed E-state index contributed by atoms with van der Waals surface area (Å²) in [4.78, 5) is 31.9. The number of aromatic nitrogens is 1. The number of ketones is 1. The smallest absolute Gasteiger partial charge is 0.294 e. The molecule has 32 heavy (non-hydrogen) atoms. The number of hydrogen-bond acceptors (Lipinski definition) is 6. The monoisotopic (exact) mass is 428 g/mol. The SMILES string of the molecule is O=C(CCc1ccccc1)C1=C(O)C(=O)N(c2ccc3c(c2)OCO3)C1c1ccncc1. The molecule has 5 rings (SSSR count). The number of fused-ring (bicyclic) bond motifs is 1. The minimum Gasteiger partial charge on any atom is -0.503 e. The zero-order chi connectivity index (χ0) is 22.1. The highest BCUT2D eigenvalue weighted by molar-refractivity contribution is 6.16. The molecular formula is C25H20N2O5. The number of pyridine rings is 1. The van der Waals surface area contributed by atoms with Crippen molar-refractivity contribution in [1.29, 1.82) is 0 Å². The van der Waals surface area contributed by atoms with E-state index in [4.69, 9.17) is 9.47 Å². The molecule has 1 N–H and O–H groups in total. The molecule has 0 fully saturated rings. The topological polar surface area (TPSA) is 89.0 Å². The van der Waals surface area contributed by atoms with E-state index in [1.54, 1.807) is 42.7 Å². The average molecular weight is 428 g/mol. The van der Waals surface area contributed by atoms with Crippen molar-refractivity contribution >= 4 is 17.4 Å². The lowest BCUT2D eigenvalue weighted by Gasteiger charge is -2.27. The first-order valence-corrected chi connectivity index (χ1v) is 10.3. The molecule has 7 heteroatoms. The number of ether oxygens (including phenoxy) is 2. The van der Waals surface area contributed by atoms with Crippen molar-refractivity contribution in [2.75, 3.05) is 11.7 Å². The number of carbonyl (C=O) groups is 2. The zero-order valence-electron chi connectivity index (χ0n) is 17.1. The predicted octanol–water partition coefficient (Wildman–Crippen LogP) is 3.91. The molecule has 0 aliphatic carbocycles. The summed E-state index contributed by atoms with van der Waals surface area (Å²) < 4.78 is 10.8. The third-order valence-electron chi connectivity index (χ3n) is 5.65. The van der Waals surface area contributed by atoms with Gasteiger partial charge in [-0.05, 0) is 41.8 Å². The van der Waals surface area contributed by atoms with Crippen molar-refractivity contribution in [1.82, 2.24) is 4.98 Å². The van der Waals surface area contributed by atoms with Gasteiger partial charge in [0.25, 0.3) is 5.91 Å². The molecule has 160 valence electrons. The number of nitrogens with zero attached hydrogens (tertiary/aromatic N) is 2. The number of hydrogen-bond donors (Lipinski definition) is 1. The van der Waals surface area contributed by atoms with Crippen LogP contribution in [0.4, 0.5) is 5.69 Å². The molecular weight excluding hydrogens is 408 g/mol. The second-order valence-corrected chi connectivity index (χ2v) is 7.57. The van der Waals surface area contributed by atoms with Gasteiger partial charge in [-0.2, -0.15) is 0 Å². The lowest BCUT2D eigenvalue weighted by Crippen LogP contribution is -2.31. The highest BCUT2D eigenvalue weighted by atomic mass is 16.7. The van der Waals surface area contributed by atoms with Gasteiger partial charge in [-0.25, -0.2) is 0 Å². The molecule has 0 saturated carbocycles. The fraction of sp³-hybridized carbons (Fsp3) is 0.160. The van der Waals surface area contributed by atoms with Crippen LogP contribution in [0.5, 0.6) is 11.5 Å². The Kier molecular flexibility index (Phi) is 5.07.